The second-order valence-electron chi connectivity index (χ2n) is 19.6. The number of hydrogen-bond acceptors (Lipinski definition) is 7. The Labute approximate surface area is 414 Å². The molecule has 0 saturated carbocycles. The number of quaternary nitrogens is 1. The molecule has 0 saturated heterocycles. The van der Waals surface area contributed by atoms with Gasteiger partial charge in [-0.3, -0.25) is 9.36 Å². The van der Waals surface area contributed by atoms with Crippen molar-refractivity contribution >= 4 is 13.8 Å². The number of carbonyl (C=O) groups excluding carboxylic acids is 1. The summed E-state index contributed by atoms with van der Waals surface area (Å²) in [6.45, 7) is 5.29. The number of phosphoric ester groups is 1. The second kappa shape index (κ2) is 50.3. The fraction of sp³-hybridized carbons (Fsp3) is 0.776. The summed E-state index contributed by atoms with van der Waals surface area (Å²) in [7, 11) is 1.35. The van der Waals surface area contributed by atoms with Crippen LogP contribution < -0.4 is 4.89 Å². The van der Waals surface area contributed by atoms with E-state index in [4.69, 9.17) is 18.5 Å². The van der Waals surface area contributed by atoms with Crippen molar-refractivity contribution in [1.82, 2.24) is 0 Å². The summed E-state index contributed by atoms with van der Waals surface area (Å²) in [6, 6.07) is 0. The molecular formula is C58H106NO7P. The van der Waals surface area contributed by atoms with E-state index in [1.54, 1.807) is 0 Å². The molecule has 0 radical (unpaired) electrons. The maximum absolute atomic E-state index is 12.8. The van der Waals surface area contributed by atoms with Crippen LogP contribution in [0.2, 0.25) is 0 Å². The SMILES string of the molecule is CC/C=C\C/C=C\C/C=C\C/C=C\CCCCCCCCCCCCCCCOCC(COP(=O)([O-])OCC[N+](C)(C)C)OC(=O)CCCCCCCCCCC/C=C\C/C=C\CCCCC. The van der Waals surface area contributed by atoms with Gasteiger partial charge >= 0.3 is 5.97 Å². The Balaban J connectivity index is 4.08. The highest BCUT2D eigenvalue weighted by Gasteiger charge is 2.20. The predicted molar refractivity (Wildman–Crippen MR) is 286 cm³/mol. The van der Waals surface area contributed by atoms with Crippen LogP contribution in [0.25, 0.3) is 0 Å². The molecule has 0 aromatic carbocycles. The van der Waals surface area contributed by atoms with E-state index >= 15 is 0 Å². The molecule has 8 nitrogen and oxygen atoms in total. The Hall–Kier alpha value is -2.06. The summed E-state index contributed by atoms with van der Waals surface area (Å²) in [6.07, 6.45) is 66.5. The quantitative estimate of drug-likeness (QED) is 0.0197. The average Bonchev–Trinajstić information content (AvgIpc) is 3.29. The molecule has 0 aromatic rings. The van der Waals surface area contributed by atoms with E-state index in [2.05, 4.69) is 86.8 Å². The van der Waals surface area contributed by atoms with Crippen LogP contribution in [0.5, 0.6) is 0 Å². The van der Waals surface area contributed by atoms with Crippen LogP contribution >= 0.6 is 7.82 Å². The zero-order valence-corrected chi connectivity index (χ0v) is 45.2. The first-order chi connectivity index (χ1) is 32.6. The van der Waals surface area contributed by atoms with Gasteiger partial charge in [0.15, 0.2) is 0 Å². The molecule has 0 heterocycles. The van der Waals surface area contributed by atoms with Crippen LogP contribution in [0, 0.1) is 0 Å². The van der Waals surface area contributed by atoms with Gasteiger partial charge in [0.05, 0.1) is 34.4 Å². The molecule has 0 aliphatic rings. The van der Waals surface area contributed by atoms with E-state index in [1.807, 2.05) is 21.1 Å². The van der Waals surface area contributed by atoms with Gasteiger partial charge in [-0.25, -0.2) is 0 Å². The summed E-state index contributed by atoms with van der Waals surface area (Å²) in [5.41, 5.74) is 0. The van der Waals surface area contributed by atoms with Crippen LogP contribution in [0.1, 0.15) is 232 Å². The molecule has 0 N–H and O–H groups in total. The topological polar surface area (TPSA) is 94.1 Å². The van der Waals surface area contributed by atoms with Gasteiger partial charge in [0.25, 0.3) is 7.82 Å². The number of allylic oxidation sites excluding steroid dienone is 12. The van der Waals surface area contributed by atoms with Crippen molar-refractivity contribution in [3.63, 3.8) is 0 Å². The lowest BCUT2D eigenvalue weighted by Gasteiger charge is -2.28. The van der Waals surface area contributed by atoms with Crippen molar-refractivity contribution in [2.24, 2.45) is 0 Å². The molecule has 2 unspecified atom stereocenters. The predicted octanol–water partition coefficient (Wildman–Crippen LogP) is 16.8. The van der Waals surface area contributed by atoms with Gasteiger partial charge in [-0.2, -0.15) is 0 Å². The monoisotopic (exact) mass is 960 g/mol. The van der Waals surface area contributed by atoms with E-state index in [1.165, 1.54) is 148 Å². The average molecular weight is 960 g/mol. The Kier molecular flexibility index (Phi) is 48.8. The summed E-state index contributed by atoms with van der Waals surface area (Å²) >= 11 is 0. The first kappa shape index (κ1) is 64.9. The molecular weight excluding hydrogens is 854 g/mol. The number of rotatable bonds is 51. The van der Waals surface area contributed by atoms with Crippen molar-refractivity contribution in [3.05, 3.63) is 72.9 Å². The Bertz CT molecular complexity index is 1300. The first-order valence-corrected chi connectivity index (χ1v) is 29.1. The zero-order valence-electron chi connectivity index (χ0n) is 44.3. The molecule has 2 atom stereocenters. The first-order valence-electron chi connectivity index (χ1n) is 27.7. The fourth-order valence-corrected chi connectivity index (χ4v) is 8.24. The third-order valence-corrected chi connectivity index (χ3v) is 12.7. The number of nitrogens with zero attached hydrogens (tertiary/aromatic N) is 1. The van der Waals surface area contributed by atoms with Gasteiger partial charge in [0.2, 0.25) is 0 Å². The van der Waals surface area contributed by atoms with Crippen molar-refractivity contribution in [2.45, 2.75) is 238 Å². The molecule has 390 valence electrons. The van der Waals surface area contributed by atoms with Gasteiger partial charge in [-0.05, 0) is 83.5 Å². The molecule has 0 aliphatic carbocycles. The van der Waals surface area contributed by atoms with Gasteiger partial charge in [0.1, 0.15) is 19.3 Å². The molecule has 0 aromatic heterocycles. The van der Waals surface area contributed by atoms with Gasteiger partial charge < -0.3 is 27.9 Å². The molecule has 0 aliphatic heterocycles. The maximum atomic E-state index is 12.8. The summed E-state index contributed by atoms with van der Waals surface area (Å²) in [4.78, 5) is 25.2. The van der Waals surface area contributed by atoms with Crippen LogP contribution in [-0.4, -0.2) is 70.7 Å². The molecule has 9 heteroatoms. The minimum atomic E-state index is -4.54. The van der Waals surface area contributed by atoms with E-state index in [-0.39, 0.29) is 25.8 Å². The van der Waals surface area contributed by atoms with Crippen LogP contribution in [-0.2, 0) is 27.9 Å². The highest BCUT2D eigenvalue weighted by atomic mass is 31.2. The highest BCUT2D eigenvalue weighted by Crippen LogP contribution is 2.38. The highest BCUT2D eigenvalue weighted by molar-refractivity contribution is 7.45. The van der Waals surface area contributed by atoms with Crippen LogP contribution in [0.3, 0.4) is 0 Å². The molecule has 0 fully saturated rings. The van der Waals surface area contributed by atoms with E-state index in [9.17, 15) is 14.3 Å². The van der Waals surface area contributed by atoms with Gasteiger partial charge in [-0.15, -0.1) is 0 Å². The Morgan fingerprint density at radius 1 is 0.478 bits per heavy atom. The molecule has 0 rings (SSSR count). The fourth-order valence-electron chi connectivity index (χ4n) is 7.51. The molecule has 67 heavy (non-hydrogen) atoms. The minimum absolute atomic E-state index is 0.0228. The molecule has 0 spiro atoms. The number of phosphoric acid groups is 1. The number of unbranched alkanes of at least 4 members (excludes halogenated alkanes) is 25. The largest absolute Gasteiger partial charge is 0.756 e. The summed E-state index contributed by atoms with van der Waals surface area (Å²) in [5.74, 6) is -0.339. The summed E-state index contributed by atoms with van der Waals surface area (Å²) in [5, 5.41) is 0. The van der Waals surface area contributed by atoms with Crippen molar-refractivity contribution in [2.75, 3.05) is 54.1 Å². The van der Waals surface area contributed by atoms with Crippen molar-refractivity contribution in [1.29, 1.82) is 0 Å². The molecule has 0 amide bonds. The number of likely N-dealkylation sites (N-methyl/N-ethyl adjacent to an activating group) is 1. The lowest BCUT2D eigenvalue weighted by Crippen LogP contribution is -2.37. The number of esters is 1. The third-order valence-electron chi connectivity index (χ3n) is 11.7. The third kappa shape index (κ3) is 54.7. The normalized spacial score (nSPS) is 14.1. The van der Waals surface area contributed by atoms with E-state index < -0.39 is 13.9 Å². The lowest BCUT2D eigenvalue weighted by molar-refractivity contribution is -0.870. The van der Waals surface area contributed by atoms with E-state index in [0.717, 1.165) is 64.2 Å². The second-order valence-corrected chi connectivity index (χ2v) is 21.0. The minimum Gasteiger partial charge on any atom is -0.756 e. The zero-order chi connectivity index (χ0) is 49.0. The van der Waals surface area contributed by atoms with Crippen LogP contribution in [0.15, 0.2) is 72.9 Å². The smallest absolute Gasteiger partial charge is 0.306 e. The molecule has 0 bridgehead atoms. The maximum Gasteiger partial charge on any atom is 0.306 e. The van der Waals surface area contributed by atoms with Gasteiger partial charge in [0, 0.05) is 13.0 Å². The van der Waals surface area contributed by atoms with Crippen LogP contribution in [0.4, 0.5) is 0 Å². The van der Waals surface area contributed by atoms with E-state index in [0.29, 0.717) is 24.1 Å². The summed E-state index contributed by atoms with van der Waals surface area (Å²) < 4.78 is 34.8. The lowest BCUT2D eigenvalue weighted by atomic mass is 10.0. The number of ether oxygens (including phenoxy) is 2. The number of hydrogen-bond donors (Lipinski definition) is 0. The van der Waals surface area contributed by atoms with Crippen molar-refractivity contribution < 1.29 is 37.3 Å². The van der Waals surface area contributed by atoms with Crippen molar-refractivity contribution in [3.8, 4) is 0 Å². The Morgan fingerprint density at radius 3 is 1.30 bits per heavy atom. The Morgan fingerprint density at radius 2 is 0.866 bits per heavy atom. The standard InChI is InChI=1S/C58H106NO7P/c1-6-8-10-12-14-16-18-20-22-24-26-27-28-29-30-31-32-34-36-38-40-42-44-46-48-50-53-63-55-57(56-65-67(61,62)64-54-52-59(3,4)5)66-58(60)51-49-47-45-43-41-39-37-35-33-25-23-21-19-17-15-13-11-9-7-2/h8,10,14-17,20-23,26-27,57H,6-7,9,11-13,18-19,24-25,28-56H2,1-5H3/b10-8-,16-14-,17-15-,22-20-,23-21-,27-26-. The number of carbonyl (C=O) groups is 1. The van der Waals surface area contributed by atoms with Gasteiger partial charge in [-0.1, -0.05) is 215 Å².